The van der Waals surface area contributed by atoms with Crippen LogP contribution < -0.4 is 5.32 Å². The fraction of sp³-hybridized carbons (Fsp3) is 0.417. The number of carbonyl (C=O) groups is 1. The molecule has 0 spiro atoms. The second kappa shape index (κ2) is 6.77. The van der Waals surface area contributed by atoms with Crippen LogP contribution in [0.4, 0.5) is 5.69 Å². The molecule has 0 aliphatic rings. The van der Waals surface area contributed by atoms with Crippen LogP contribution in [0.25, 0.3) is 0 Å². The second-order valence-corrected chi connectivity index (χ2v) is 5.22. The first-order valence-electron chi connectivity index (χ1n) is 5.33. The maximum absolute atomic E-state index is 10.7. The van der Waals surface area contributed by atoms with Gasteiger partial charge in [0.25, 0.3) is 0 Å². The highest BCUT2D eigenvalue weighted by atomic mass is 35.5. The number of rotatable bonds is 6. The Hall–Kier alpha value is -0.870. The van der Waals surface area contributed by atoms with Crippen molar-refractivity contribution in [3.8, 4) is 0 Å². The van der Waals surface area contributed by atoms with Crippen molar-refractivity contribution in [1.82, 2.24) is 0 Å². The van der Waals surface area contributed by atoms with Crippen molar-refractivity contribution in [3.63, 3.8) is 0 Å². The summed E-state index contributed by atoms with van der Waals surface area (Å²) in [6.45, 7) is 2.08. The molecule has 1 atom stereocenters. The summed E-state index contributed by atoms with van der Waals surface area (Å²) in [5.74, 6) is 0.118. The van der Waals surface area contributed by atoms with Crippen LogP contribution in [-0.4, -0.2) is 29.1 Å². The zero-order chi connectivity index (χ0) is 12.8. The van der Waals surface area contributed by atoms with Crippen molar-refractivity contribution >= 4 is 35.0 Å². The minimum Gasteiger partial charge on any atom is -0.478 e. The fourth-order valence-corrected chi connectivity index (χ4v) is 2.22. The molecule has 1 rings (SSSR count). The number of aromatic carboxylic acids is 1. The average molecular weight is 274 g/mol. The first-order chi connectivity index (χ1) is 8.04. The molecule has 0 aliphatic carbocycles. The molecule has 5 heteroatoms. The summed E-state index contributed by atoms with van der Waals surface area (Å²) in [5.41, 5.74) is 0.989. The minimum atomic E-state index is -0.964. The summed E-state index contributed by atoms with van der Waals surface area (Å²) in [6.07, 6.45) is 3.11. The van der Waals surface area contributed by atoms with Crippen LogP contribution in [0.1, 0.15) is 23.7 Å². The van der Waals surface area contributed by atoms with Crippen molar-refractivity contribution in [2.75, 3.05) is 17.3 Å². The van der Waals surface area contributed by atoms with E-state index in [2.05, 4.69) is 18.5 Å². The van der Waals surface area contributed by atoms with Crippen molar-refractivity contribution < 1.29 is 9.90 Å². The molecule has 0 aromatic heterocycles. The largest absolute Gasteiger partial charge is 0.478 e. The summed E-state index contributed by atoms with van der Waals surface area (Å²) < 4.78 is 0. The lowest BCUT2D eigenvalue weighted by molar-refractivity contribution is 0.0697. The van der Waals surface area contributed by atoms with Gasteiger partial charge in [0.1, 0.15) is 0 Å². The molecular formula is C12H16ClNO2S. The maximum atomic E-state index is 10.7. The van der Waals surface area contributed by atoms with Gasteiger partial charge in [-0.2, -0.15) is 11.8 Å². The van der Waals surface area contributed by atoms with Gasteiger partial charge >= 0.3 is 5.97 Å². The Morgan fingerprint density at radius 1 is 1.59 bits per heavy atom. The molecule has 0 heterocycles. The molecule has 0 saturated carbocycles. The molecule has 2 N–H and O–H groups in total. The Bertz CT molecular complexity index is 398. The normalized spacial score (nSPS) is 12.2. The molecule has 0 saturated heterocycles. The lowest BCUT2D eigenvalue weighted by Crippen LogP contribution is -2.16. The number of benzene rings is 1. The summed E-state index contributed by atoms with van der Waals surface area (Å²) in [6, 6.07) is 5.04. The Balaban J connectivity index is 2.69. The topological polar surface area (TPSA) is 49.3 Å². The predicted octanol–water partition coefficient (Wildman–Crippen LogP) is 3.59. The number of nitrogens with one attached hydrogen (secondary N) is 1. The SMILES string of the molecule is CSCCC(C)Nc1ccc(C(=O)O)cc1Cl. The highest BCUT2D eigenvalue weighted by Crippen LogP contribution is 2.24. The van der Waals surface area contributed by atoms with Crippen LogP contribution in [0.3, 0.4) is 0 Å². The van der Waals surface area contributed by atoms with E-state index in [4.69, 9.17) is 16.7 Å². The lowest BCUT2D eigenvalue weighted by atomic mass is 10.2. The standard InChI is InChI=1S/C12H16ClNO2S/c1-8(5-6-17-2)14-11-4-3-9(12(15)16)7-10(11)13/h3-4,7-8,14H,5-6H2,1-2H3,(H,15,16). The molecule has 17 heavy (non-hydrogen) atoms. The number of carboxylic acids is 1. The van der Waals surface area contributed by atoms with Crippen LogP contribution >= 0.6 is 23.4 Å². The summed E-state index contributed by atoms with van der Waals surface area (Å²) in [7, 11) is 0. The van der Waals surface area contributed by atoms with E-state index in [1.54, 1.807) is 23.9 Å². The Morgan fingerprint density at radius 3 is 2.82 bits per heavy atom. The molecule has 0 fully saturated rings. The summed E-state index contributed by atoms with van der Waals surface area (Å²) in [5, 5.41) is 12.5. The van der Waals surface area contributed by atoms with Gasteiger partial charge in [-0.05, 0) is 43.6 Å². The minimum absolute atomic E-state index is 0.206. The van der Waals surface area contributed by atoms with E-state index in [0.29, 0.717) is 11.1 Å². The van der Waals surface area contributed by atoms with Crippen molar-refractivity contribution in [2.45, 2.75) is 19.4 Å². The van der Waals surface area contributed by atoms with Gasteiger partial charge in [0.15, 0.2) is 0 Å². The van der Waals surface area contributed by atoms with E-state index < -0.39 is 5.97 Å². The van der Waals surface area contributed by atoms with Crippen LogP contribution in [0, 0.1) is 0 Å². The van der Waals surface area contributed by atoms with E-state index in [1.165, 1.54) is 6.07 Å². The molecule has 3 nitrogen and oxygen atoms in total. The van der Waals surface area contributed by atoms with Gasteiger partial charge < -0.3 is 10.4 Å². The number of halogens is 1. The van der Waals surface area contributed by atoms with Gasteiger partial charge in [-0.3, -0.25) is 0 Å². The van der Waals surface area contributed by atoms with E-state index >= 15 is 0 Å². The van der Waals surface area contributed by atoms with E-state index in [0.717, 1.165) is 17.9 Å². The molecule has 0 amide bonds. The van der Waals surface area contributed by atoms with Gasteiger partial charge in [-0.1, -0.05) is 11.6 Å². The summed E-state index contributed by atoms with van der Waals surface area (Å²) >= 11 is 7.82. The van der Waals surface area contributed by atoms with Crippen LogP contribution in [0.5, 0.6) is 0 Å². The zero-order valence-electron chi connectivity index (χ0n) is 9.87. The number of carboxylic acid groups (broad SMARTS) is 1. The maximum Gasteiger partial charge on any atom is 0.335 e. The second-order valence-electron chi connectivity index (χ2n) is 3.83. The Labute approximate surface area is 111 Å². The Kier molecular flexibility index (Phi) is 5.65. The fourth-order valence-electron chi connectivity index (χ4n) is 1.40. The number of hydrogen-bond acceptors (Lipinski definition) is 3. The number of hydrogen-bond donors (Lipinski definition) is 2. The van der Waals surface area contributed by atoms with Gasteiger partial charge in [0.05, 0.1) is 16.3 Å². The molecule has 94 valence electrons. The first kappa shape index (κ1) is 14.2. The van der Waals surface area contributed by atoms with E-state index in [9.17, 15) is 4.79 Å². The van der Waals surface area contributed by atoms with Gasteiger partial charge in [-0.25, -0.2) is 4.79 Å². The molecule has 0 radical (unpaired) electrons. The first-order valence-corrected chi connectivity index (χ1v) is 7.10. The molecule has 0 bridgehead atoms. The van der Waals surface area contributed by atoms with E-state index in [-0.39, 0.29) is 5.56 Å². The van der Waals surface area contributed by atoms with Crippen molar-refractivity contribution in [1.29, 1.82) is 0 Å². The third kappa shape index (κ3) is 4.48. The number of thioether (sulfide) groups is 1. The molecule has 1 unspecified atom stereocenters. The van der Waals surface area contributed by atoms with Gasteiger partial charge in [0.2, 0.25) is 0 Å². The zero-order valence-corrected chi connectivity index (χ0v) is 11.4. The van der Waals surface area contributed by atoms with Gasteiger partial charge in [-0.15, -0.1) is 0 Å². The van der Waals surface area contributed by atoms with Crippen molar-refractivity contribution in [2.24, 2.45) is 0 Å². The van der Waals surface area contributed by atoms with E-state index in [1.807, 2.05) is 0 Å². The smallest absolute Gasteiger partial charge is 0.335 e. The lowest BCUT2D eigenvalue weighted by Gasteiger charge is -2.16. The third-order valence-corrected chi connectivity index (χ3v) is 3.33. The monoisotopic (exact) mass is 273 g/mol. The van der Waals surface area contributed by atoms with Gasteiger partial charge in [0, 0.05) is 6.04 Å². The van der Waals surface area contributed by atoms with Crippen LogP contribution in [0.15, 0.2) is 18.2 Å². The quantitative estimate of drug-likeness (QED) is 0.832. The highest BCUT2D eigenvalue weighted by Gasteiger charge is 2.08. The third-order valence-electron chi connectivity index (χ3n) is 2.37. The predicted molar refractivity (Wildman–Crippen MR) is 74.5 cm³/mol. The molecule has 1 aromatic carbocycles. The Morgan fingerprint density at radius 2 is 2.29 bits per heavy atom. The average Bonchev–Trinajstić information content (AvgIpc) is 2.28. The molecular weight excluding hydrogens is 258 g/mol. The van der Waals surface area contributed by atoms with Crippen LogP contribution in [-0.2, 0) is 0 Å². The molecule has 0 aliphatic heterocycles. The number of anilines is 1. The van der Waals surface area contributed by atoms with Crippen LogP contribution in [0.2, 0.25) is 5.02 Å². The summed E-state index contributed by atoms with van der Waals surface area (Å²) in [4.78, 5) is 10.7. The highest BCUT2D eigenvalue weighted by molar-refractivity contribution is 7.98. The molecule has 1 aromatic rings. The van der Waals surface area contributed by atoms with Crippen molar-refractivity contribution in [3.05, 3.63) is 28.8 Å².